The Balaban J connectivity index is 1.84. The Kier molecular flexibility index (Phi) is 6.44. The molecule has 0 saturated carbocycles. The Morgan fingerprint density at radius 1 is 1.13 bits per heavy atom. The molecule has 23 heavy (non-hydrogen) atoms. The number of likely N-dealkylation sites (N-methyl/N-ethyl adjacent to an activating group) is 1. The van der Waals surface area contributed by atoms with Crippen LogP contribution in [-0.2, 0) is 4.79 Å². The fraction of sp³-hybridized carbons (Fsp3) is 0.278. The molecule has 0 aromatic heterocycles. The van der Waals surface area contributed by atoms with E-state index in [4.69, 9.17) is 16.3 Å². The molecule has 0 radical (unpaired) electrons. The van der Waals surface area contributed by atoms with Gasteiger partial charge in [0.15, 0.2) is 0 Å². The number of nitrogens with one attached hydrogen (secondary N) is 1. The first-order chi connectivity index (χ1) is 11.1. The van der Waals surface area contributed by atoms with E-state index in [1.54, 1.807) is 24.3 Å². The van der Waals surface area contributed by atoms with Crippen LogP contribution in [0.25, 0.3) is 0 Å². The van der Waals surface area contributed by atoms with E-state index in [-0.39, 0.29) is 11.9 Å². The third-order valence-electron chi connectivity index (χ3n) is 3.36. The predicted octanol–water partition coefficient (Wildman–Crippen LogP) is 3.14. The maximum Gasteiger partial charge on any atom is 0.242 e. The summed E-state index contributed by atoms with van der Waals surface area (Å²) in [5.74, 6) is 0.691. The fourth-order valence-electron chi connectivity index (χ4n) is 2.29. The van der Waals surface area contributed by atoms with E-state index in [1.807, 2.05) is 49.3 Å². The highest BCUT2D eigenvalue weighted by Gasteiger charge is 2.22. The van der Waals surface area contributed by atoms with Crippen molar-refractivity contribution in [3.05, 3.63) is 65.2 Å². The Morgan fingerprint density at radius 3 is 2.39 bits per heavy atom. The van der Waals surface area contributed by atoms with Crippen molar-refractivity contribution in [3.63, 3.8) is 0 Å². The fourth-order valence-corrected chi connectivity index (χ4v) is 2.42. The number of hydrogen-bond donors (Lipinski definition) is 1. The Labute approximate surface area is 142 Å². The van der Waals surface area contributed by atoms with Gasteiger partial charge in [-0.25, -0.2) is 0 Å². The molecule has 0 fully saturated rings. The zero-order valence-electron chi connectivity index (χ0n) is 13.3. The molecule has 5 heteroatoms. The van der Waals surface area contributed by atoms with Crippen LogP contribution >= 0.6 is 11.6 Å². The molecule has 4 nitrogen and oxygen atoms in total. The van der Waals surface area contributed by atoms with E-state index < -0.39 is 0 Å². The van der Waals surface area contributed by atoms with Crippen molar-refractivity contribution >= 4 is 17.5 Å². The second kappa shape index (κ2) is 8.56. The molecule has 0 spiro atoms. The van der Waals surface area contributed by atoms with Crippen LogP contribution in [0, 0.1) is 0 Å². The van der Waals surface area contributed by atoms with E-state index >= 15 is 0 Å². The van der Waals surface area contributed by atoms with Crippen LogP contribution in [0.3, 0.4) is 0 Å². The molecule has 0 saturated heterocycles. The second-order valence-corrected chi connectivity index (χ2v) is 5.81. The zero-order chi connectivity index (χ0) is 16.7. The molecule has 0 aliphatic rings. The first-order valence-electron chi connectivity index (χ1n) is 7.45. The third-order valence-corrected chi connectivity index (χ3v) is 3.62. The van der Waals surface area contributed by atoms with Crippen LogP contribution in [-0.4, -0.2) is 38.1 Å². The van der Waals surface area contributed by atoms with Crippen molar-refractivity contribution in [3.8, 4) is 5.75 Å². The molecule has 2 aromatic carbocycles. The molecule has 1 atom stereocenters. The Bertz CT molecular complexity index is 615. The van der Waals surface area contributed by atoms with Gasteiger partial charge in [-0.05, 0) is 43.9 Å². The number of carbonyl (C=O) groups is 1. The summed E-state index contributed by atoms with van der Waals surface area (Å²) in [6.07, 6.45) is 0. The van der Waals surface area contributed by atoms with Gasteiger partial charge in [-0.2, -0.15) is 0 Å². The maximum absolute atomic E-state index is 12.4. The SMILES string of the molecule is CN(C)[C@@H](C(=O)NCCOc1ccc(Cl)cc1)c1ccccc1. The van der Waals surface area contributed by atoms with E-state index in [1.165, 1.54) is 0 Å². The topological polar surface area (TPSA) is 41.6 Å². The summed E-state index contributed by atoms with van der Waals surface area (Å²) in [5, 5.41) is 3.58. The van der Waals surface area contributed by atoms with Gasteiger partial charge in [-0.1, -0.05) is 41.9 Å². The van der Waals surface area contributed by atoms with Gasteiger partial charge in [0, 0.05) is 5.02 Å². The quantitative estimate of drug-likeness (QED) is 0.792. The molecular formula is C18H21ClN2O2. The van der Waals surface area contributed by atoms with Gasteiger partial charge in [0.05, 0.1) is 6.54 Å². The number of halogens is 1. The summed E-state index contributed by atoms with van der Waals surface area (Å²) >= 11 is 5.82. The molecule has 1 N–H and O–H groups in total. The summed E-state index contributed by atoms with van der Waals surface area (Å²) in [7, 11) is 3.78. The van der Waals surface area contributed by atoms with E-state index in [9.17, 15) is 4.79 Å². The van der Waals surface area contributed by atoms with Crippen molar-refractivity contribution in [1.82, 2.24) is 10.2 Å². The highest BCUT2D eigenvalue weighted by molar-refractivity contribution is 6.30. The highest BCUT2D eigenvalue weighted by Crippen LogP contribution is 2.18. The van der Waals surface area contributed by atoms with Crippen molar-refractivity contribution < 1.29 is 9.53 Å². The average Bonchev–Trinajstić information content (AvgIpc) is 2.54. The van der Waals surface area contributed by atoms with Gasteiger partial charge in [0.25, 0.3) is 0 Å². The zero-order valence-corrected chi connectivity index (χ0v) is 14.1. The van der Waals surface area contributed by atoms with Crippen molar-refractivity contribution in [2.24, 2.45) is 0 Å². The van der Waals surface area contributed by atoms with Gasteiger partial charge in [-0.3, -0.25) is 9.69 Å². The van der Waals surface area contributed by atoms with Crippen LogP contribution in [0.1, 0.15) is 11.6 Å². The van der Waals surface area contributed by atoms with Crippen LogP contribution in [0.2, 0.25) is 5.02 Å². The lowest BCUT2D eigenvalue weighted by Gasteiger charge is -2.23. The van der Waals surface area contributed by atoms with Crippen LogP contribution in [0.15, 0.2) is 54.6 Å². The minimum atomic E-state index is -0.313. The van der Waals surface area contributed by atoms with Crippen LogP contribution in [0.5, 0.6) is 5.75 Å². The monoisotopic (exact) mass is 332 g/mol. The molecule has 0 heterocycles. The highest BCUT2D eigenvalue weighted by atomic mass is 35.5. The molecule has 2 aromatic rings. The Hall–Kier alpha value is -2.04. The summed E-state index contributed by atoms with van der Waals surface area (Å²) in [4.78, 5) is 14.3. The Morgan fingerprint density at radius 2 is 1.78 bits per heavy atom. The van der Waals surface area contributed by atoms with E-state index in [2.05, 4.69) is 5.32 Å². The number of carbonyl (C=O) groups excluding carboxylic acids is 1. The number of hydrogen-bond acceptors (Lipinski definition) is 3. The third kappa shape index (κ3) is 5.27. The summed E-state index contributed by atoms with van der Waals surface area (Å²) in [5.41, 5.74) is 0.966. The minimum absolute atomic E-state index is 0.0408. The predicted molar refractivity (Wildman–Crippen MR) is 92.8 cm³/mol. The second-order valence-electron chi connectivity index (χ2n) is 5.37. The summed E-state index contributed by atoms with van der Waals surface area (Å²) in [6, 6.07) is 16.5. The molecule has 2 rings (SSSR count). The van der Waals surface area contributed by atoms with Crippen molar-refractivity contribution in [2.75, 3.05) is 27.2 Å². The van der Waals surface area contributed by atoms with Crippen LogP contribution in [0.4, 0.5) is 0 Å². The largest absolute Gasteiger partial charge is 0.492 e. The van der Waals surface area contributed by atoms with Gasteiger partial charge >= 0.3 is 0 Å². The molecule has 0 bridgehead atoms. The lowest BCUT2D eigenvalue weighted by molar-refractivity contribution is -0.125. The standard InChI is InChI=1S/C18H21ClN2O2/c1-21(2)17(14-6-4-3-5-7-14)18(22)20-12-13-23-16-10-8-15(19)9-11-16/h3-11,17H,12-13H2,1-2H3,(H,20,22)/t17-/m1/s1. The average molecular weight is 333 g/mol. The molecule has 0 unspecified atom stereocenters. The van der Waals surface area contributed by atoms with Gasteiger partial charge in [0.2, 0.25) is 5.91 Å². The first kappa shape index (κ1) is 17.3. The molecule has 0 aliphatic carbocycles. The van der Waals surface area contributed by atoms with Crippen LogP contribution < -0.4 is 10.1 Å². The molecule has 122 valence electrons. The lowest BCUT2D eigenvalue weighted by Crippen LogP contribution is -2.38. The number of nitrogens with zero attached hydrogens (tertiary/aromatic N) is 1. The molecule has 0 aliphatic heterocycles. The maximum atomic E-state index is 12.4. The lowest BCUT2D eigenvalue weighted by atomic mass is 10.1. The van der Waals surface area contributed by atoms with Crippen molar-refractivity contribution in [2.45, 2.75) is 6.04 Å². The van der Waals surface area contributed by atoms with E-state index in [0.717, 1.165) is 11.3 Å². The van der Waals surface area contributed by atoms with Gasteiger partial charge < -0.3 is 10.1 Å². The number of ether oxygens (including phenoxy) is 1. The van der Waals surface area contributed by atoms with E-state index in [0.29, 0.717) is 18.2 Å². The summed E-state index contributed by atoms with van der Waals surface area (Å²) in [6.45, 7) is 0.848. The normalized spacial score (nSPS) is 12.0. The number of benzene rings is 2. The van der Waals surface area contributed by atoms with Gasteiger partial charge in [-0.15, -0.1) is 0 Å². The smallest absolute Gasteiger partial charge is 0.242 e. The molecule has 1 amide bonds. The minimum Gasteiger partial charge on any atom is -0.492 e. The van der Waals surface area contributed by atoms with Gasteiger partial charge in [0.1, 0.15) is 18.4 Å². The molecular weight excluding hydrogens is 312 g/mol. The number of amides is 1. The first-order valence-corrected chi connectivity index (χ1v) is 7.83. The number of rotatable bonds is 7. The summed E-state index contributed by atoms with van der Waals surface area (Å²) < 4.78 is 5.57. The van der Waals surface area contributed by atoms with Crippen molar-refractivity contribution in [1.29, 1.82) is 0 Å².